The topological polar surface area (TPSA) is 46.9 Å². The van der Waals surface area contributed by atoms with Crippen molar-refractivity contribution in [1.82, 2.24) is 14.9 Å². The van der Waals surface area contributed by atoms with Gasteiger partial charge in [0.1, 0.15) is 11.6 Å². The molecule has 0 radical (unpaired) electrons. The number of hydrogen-bond donors (Lipinski definition) is 1. The molecule has 0 unspecified atom stereocenters. The molecular weight excluding hydrogens is 269 g/mol. The summed E-state index contributed by atoms with van der Waals surface area (Å²) in [5.41, 5.74) is 0.887. The zero-order valence-corrected chi connectivity index (χ0v) is 12.2. The van der Waals surface area contributed by atoms with E-state index in [4.69, 9.17) is 0 Å². The van der Waals surface area contributed by atoms with Gasteiger partial charge in [-0.05, 0) is 24.1 Å². The van der Waals surface area contributed by atoms with Crippen LogP contribution in [0.2, 0.25) is 0 Å². The van der Waals surface area contributed by atoms with Crippen LogP contribution in [0.1, 0.15) is 24.7 Å². The largest absolute Gasteiger partial charge is 0.356 e. The molecule has 2 aromatic rings. The molecule has 0 aliphatic rings. The highest BCUT2D eigenvalue weighted by atomic mass is 19.1. The number of aromatic nitrogens is 2. The minimum Gasteiger partial charge on any atom is -0.356 e. The summed E-state index contributed by atoms with van der Waals surface area (Å²) in [5, 5.41) is 2.86. The van der Waals surface area contributed by atoms with Gasteiger partial charge in [-0.25, -0.2) is 9.37 Å². The number of imidazole rings is 1. The zero-order valence-electron chi connectivity index (χ0n) is 12.2. The number of hydrogen-bond acceptors (Lipinski definition) is 2. The Morgan fingerprint density at radius 1 is 1.43 bits per heavy atom. The molecule has 0 aliphatic heterocycles. The summed E-state index contributed by atoms with van der Waals surface area (Å²) in [7, 11) is 0. The van der Waals surface area contributed by atoms with Gasteiger partial charge in [-0.2, -0.15) is 0 Å². The van der Waals surface area contributed by atoms with Crippen LogP contribution in [0.4, 0.5) is 4.39 Å². The van der Waals surface area contributed by atoms with Crippen LogP contribution in [0, 0.1) is 5.82 Å². The maximum absolute atomic E-state index is 13.0. The van der Waals surface area contributed by atoms with E-state index in [-0.39, 0.29) is 11.7 Å². The lowest BCUT2D eigenvalue weighted by atomic mass is 10.1. The second-order valence-electron chi connectivity index (χ2n) is 4.87. The van der Waals surface area contributed by atoms with E-state index in [0.29, 0.717) is 25.9 Å². The van der Waals surface area contributed by atoms with Gasteiger partial charge in [-0.15, -0.1) is 0 Å². The quantitative estimate of drug-likeness (QED) is 0.850. The Morgan fingerprint density at radius 3 is 3.05 bits per heavy atom. The molecule has 0 saturated carbocycles. The third-order valence-electron chi connectivity index (χ3n) is 3.32. The average molecular weight is 289 g/mol. The Bertz CT molecular complexity index is 595. The number of carbonyl (C=O) groups is 1. The number of nitrogens with zero attached hydrogens (tertiary/aromatic N) is 2. The molecule has 5 heteroatoms. The number of rotatable bonds is 7. The average Bonchev–Trinajstić information content (AvgIpc) is 2.92. The first-order valence-electron chi connectivity index (χ1n) is 7.20. The van der Waals surface area contributed by atoms with Crippen LogP contribution < -0.4 is 5.32 Å². The van der Waals surface area contributed by atoms with Gasteiger partial charge >= 0.3 is 0 Å². The summed E-state index contributed by atoms with van der Waals surface area (Å²) in [5.74, 6) is 0.746. The summed E-state index contributed by atoms with van der Waals surface area (Å²) in [6.07, 6.45) is 5.55. The van der Waals surface area contributed by atoms with Crippen molar-refractivity contribution >= 4 is 5.91 Å². The van der Waals surface area contributed by atoms with Crippen molar-refractivity contribution in [1.29, 1.82) is 0 Å². The number of halogens is 1. The van der Waals surface area contributed by atoms with Gasteiger partial charge in [0.2, 0.25) is 5.91 Å². The monoisotopic (exact) mass is 289 g/mol. The molecule has 21 heavy (non-hydrogen) atoms. The fourth-order valence-corrected chi connectivity index (χ4v) is 2.21. The minimum atomic E-state index is -0.244. The maximum Gasteiger partial charge on any atom is 0.221 e. The highest BCUT2D eigenvalue weighted by Crippen LogP contribution is 2.04. The lowest BCUT2D eigenvalue weighted by Gasteiger charge is -2.08. The lowest BCUT2D eigenvalue weighted by molar-refractivity contribution is -0.121. The van der Waals surface area contributed by atoms with Crippen molar-refractivity contribution in [2.75, 3.05) is 6.54 Å². The van der Waals surface area contributed by atoms with Crippen LogP contribution in [-0.2, 0) is 24.2 Å². The lowest BCUT2D eigenvalue weighted by Crippen LogP contribution is -2.26. The van der Waals surface area contributed by atoms with Gasteiger partial charge in [0.05, 0.1) is 0 Å². The number of aryl methyl sites for hydroxylation is 2. The van der Waals surface area contributed by atoms with E-state index in [1.54, 1.807) is 12.3 Å². The van der Waals surface area contributed by atoms with Crippen molar-refractivity contribution in [2.24, 2.45) is 0 Å². The van der Waals surface area contributed by atoms with Crippen LogP contribution >= 0.6 is 0 Å². The zero-order chi connectivity index (χ0) is 15.1. The first-order chi connectivity index (χ1) is 10.2. The van der Waals surface area contributed by atoms with Gasteiger partial charge in [0.25, 0.3) is 0 Å². The molecule has 0 fully saturated rings. The van der Waals surface area contributed by atoms with E-state index < -0.39 is 0 Å². The minimum absolute atomic E-state index is 0.00200. The van der Waals surface area contributed by atoms with Gasteiger partial charge < -0.3 is 9.88 Å². The highest BCUT2D eigenvalue weighted by molar-refractivity contribution is 5.75. The SMILES string of the molecule is CCc1nccn1CCC(=O)NCCc1cccc(F)c1. The standard InChI is InChI=1S/C16H20FN3O/c1-2-15-18-9-11-20(15)10-7-16(21)19-8-6-13-4-3-5-14(17)12-13/h3-5,9,11-12H,2,6-8,10H2,1H3,(H,19,21). The number of carbonyl (C=O) groups excluding carboxylic acids is 1. The third kappa shape index (κ3) is 4.70. The Morgan fingerprint density at radius 2 is 2.29 bits per heavy atom. The fraction of sp³-hybridized carbons (Fsp3) is 0.375. The molecule has 1 aromatic heterocycles. The van der Waals surface area contributed by atoms with E-state index >= 15 is 0 Å². The van der Waals surface area contributed by atoms with Crippen molar-refractivity contribution in [2.45, 2.75) is 32.7 Å². The Hall–Kier alpha value is -2.17. The fourth-order valence-electron chi connectivity index (χ4n) is 2.21. The molecule has 1 amide bonds. The molecule has 1 N–H and O–H groups in total. The van der Waals surface area contributed by atoms with E-state index in [9.17, 15) is 9.18 Å². The van der Waals surface area contributed by atoms with Gasteiger partial charge in [0, 0.05) is 38.3 Å². The van der Waals surface area contributed by atoms with Crippen LogP contribution in [0.3, 0.4) is 0 Å². The molecular formula is C16H20FN3O. The predicted octanol–water partition coefficient (Wildman–Crippen LogP) is 2.33. The van der Waals surface area contributed by atoms with E-state index in [1.807, 2.05) is 23.8 Å². The molecule has 4 nitrogen and oxygen atoms in total. The Balaban J connectivity index is 1.70. The predicted molar refractivity (Wildman–Crippen MR) is 79.3 cm³/mol. The molecule has 1 aromatic carbocycles. The van der Waals surface area contributed by atoms with E-state index in [2.05, 4.69) is 10.3 Å². The van der Waals surface area contributed by atoms with E-state index in [1.165, 1.54) is 12.1 Å². The first kappa shape index (κ1) is 15.2. The van der Waals surface area contributed by atoms with Crippen molar-refractivity contribution in [3.8, 4) is 0 Å². The molecule has 0 atom stereocenters. The summed E-state index contributed by atoms with van der Waals surface area (Å²) < 4.78 is 15.0. The normalized spacial score (nSPS) is 10.6. The molecule has 0 bridgehead atoms. The third-order valence-corrected chi connectivity index (χ3v) is 3.32. The number of nitrogens with one attached hydrogen (secondary N) is 1. The van der Waals surface area contributed by atoms with Crippen molar-refractivity contribution in [3.05, 3.63) is 53.9 Å². The van der Waals surface area contributed by atoms with Gasteiger partial charge in [-0.1, -0.05) is 19.1 Å². The molecule has 0 saturated heterocycles. The second-order valence-corrected chi connectivity index (χ2v) is 4.87. The number of amides is 1. The molecule has 1 heterocycles. The highest BCUT2D eigenvalue weighted by Gasteiger charge is 2.04. The summed E-state index contributed by atoms with van der Waals surface area (Å²) in [6.45, 7) is 3.19. The van der Waals surface area contributed by atoms with Gasteiger partial charge in [0.15, 0.2) is 0 Å². The second kappa shape index (κ2) is 7.57. The summed E-state index contributed by atoms with van der Waals surface area (Å²) in [4.78, 5) is 16.0. The van der Waals surface area contributed by atoms with Crippen LogP contribution in [-0.4, -0.2) is 22.0 Å². The van der Waals surface area contributed by atoms with Crippen molar-refractivity contribution in [3.63, 3.8) is 0 Å². The van der Waals surface area contributed by atoms with Crippen molar-refractivity contribution < 1.29 is 9.18 Å². The Kier molecular flexibility index (Phi) is 5.49. The molecule has 0 spiro atoms. The smallest absolute Gasteiger partial charge is 0.221 e. The number of benzene rings is 1. The summed E-state index contributed by atoms with van der Waals surface area (Å²) in [6, 6.07) is 6.44. The van der Waals surface area contributed by atoms with E-state index in [0.717, 1.165) is 17.8 Å². The van der Waals surface area contributed by atoms with Crippen LogP contribution in [0.25, 0.3) is 0 Å². The molecule has 0 aliphatic carbocycles. The molecule has 112 valence electrons. The van der Waals surface area contributed by atoms with Crippen LogP contribution in [0.15, 0.2) is 36.7 Å². The first-order valence-corrected chi connectivity index (χ1v) is 7.20. The van der Waals surface area contributed by atoms with Crippen LogP contribution in [0.5, 0.6) is 0 Å². The summed E-state index contributed by atoms with van der Waals surface area (Å²) >= 11 is 0. The maximum atomic E-state index is 13.0. The molecule has 2 rings (SSSR count). The Labute approximate surface area is 124 Å². The van der Waals surface area contributed by atoms with Gasteiger partial charge in [-0.3, -0.25) is 4.79 Å².